The molecular weight excluding hydrogens is 182 g/mol. The molecule has 0 atom stereocenters. The zero-order chi connectivity index (χ0) is 10.6. The number of nitrogen functional groups attached to an aromatic ring is 1. The van der Waals surface area contributed by atoms with E-state index in [4.69, 9.17) is 15.6 Å². The quantitative estimate of drug-likeness (QED) is 0.718. The molecule has 4 nitrogen and oxygen atoms in total. The Balaban J connectivity index is 2.95. The third kappa shape index (κ3) is 2.16. The molecule has 14 heavy (non-hydrogen) atoms. The van der Waals surface area contributed by atoms with Crippen molar-refractivity contribution >= 4 is 11.7 Å². The number of hydrogen-bond donors (Lipinski definition) is 2. The van der Waals surface area contributed by atoms with Gasteiger partial charge in [-0.3, -0.25) is 0 Å². The summed E-state index contributed by atoms with van der Waals surface area (Å²) in [6.45, 7) is 2.50. The van der Waals surface area contributed by atoms with Crippen molar-refractivity contribution in [2.45, 2.75) is 13.3 Å². The fraction of sp³-hybridized carbons (Fsp3) is 0.300. The van der Waals surface area contributed by atoms with Crippen LogP contribution in [0.1, 0.15) is 23.7 Å². The topological polar surface area (TPSA) is 72.5 Å². The van der Waals surface area contributed by atoms with Crippen molar-refractivity contribution in [3.8, 4) is 5.75 Å². The van der Waals surface area contributed by atoms with E-state index < -0.39 is 5.97 Å². The SMILES string of the molecule is CCCOc1cccc(C(=O)O)c1N. The van der Waals surface area contributed by atoms with Crippen LogP contribution in [-0.4, -0.2) is 17.7 Å². The van der Waals surface area contributed by atoms with E-state index >= 15 is 0 Å². The van der Waals surface area contributed by atoms with Crippen LogP contribution in [0.5, 0.6) is 5.75 Å². The van der Waals surface area contributed by atoms with Gasteiger partial charge in [0.2, 0.25) is 0 Å². The molecule has 0 heterocycles. The Morgan fingerprint density at radius 2 is 2.29 bits per heavy atom. The Bertz CT molecular complexity index is 336. The molecule has 0 aliphatic heterocycles. The lowest BCUT2D eigenvalue weighted by Gasteiger charge is -2.09. The zero-order valence-electron chi connectivity index (χ0n) is 7.99. The number of carboxylic acids is 1. The number of benzene rings is 1. The fourth-order valence-corrected chi connectivity index (χ4v) is 1.07. The summed E-state index contributed by atoms with van der Waals surface area (Å²) in [6.07, 6.45) is 0.858. The molecule has 3 N–H and O–H groups in total. The molecule has 1 rings (SSSR count). The summed E-state index contributed by atoms with van der Waals surface area (Å²) < 4.78 is 5.29. The maximum absolute atomic E-state index is 10.7. The summed E-state index contributed by atoms with van der Waals surface area (Å²) in [5.41, 5.74) is 5.89. The van der Waals surface area contributed by atoms with Gasteiger partial charge in [-0.25, -0.2) is 4.79 Å². The lowest BCUT2D eigenvalue weighted by atomic mass is 10.1. The van der Waals surface area contributed by atoms with Crippen molar-refractivity contribution in [1.29, 1.82) is 0 Å². The number of anilines is 1. The smallest absolute Gasteiger partial charge is 0.337 e. The highest BCUT2D eigenvalue weighted by Gasteiger charge is 2.11. The third-order valence-corrected chi connectivity index (χ3v) is 1.76. The normalized spacial score (nSPS) is 9.79. The Labute approximate surface area is 82.3 Å². The van der Waals surface area contributed by atoms with Gasteiger partial charge in [-0.2, -0.15) is 0 Å². The Morgan fingerprint density at radius 3 is 2.86 bits per heavy atom. The first kappa shape index (κ1) is 10.4. The highest BCUT2D eigenvalue weighted by molar-refractivity contribution is 5.95. The molecule has 0 saturated carbocycles. The number of para-hydroxylation sites is 1. The van der Waals surface area contributed by atoms with Crippen molar-refractivity contribution in [2.75, 3.05) is 12.3 Å². The second-order valence-corrected chi connectivity index (χ2v) is 2.87. The van der Waals surface area contributed by atoms with Gasteiger partial charge in [-0.15, -0.1) is 0 Å². The Hall–Kier alpha value is -1.71. The van der Waals surface area contributed by atoms with E-state index in [1.165, 1.54) is 6.07 Å². The number of aromatic carboxylic acids is 1. The summed E-state index contributed by atoms with van der Waals surface area (Å²) in [5.74, 6) is -0.601. The Kier molecular flexibility index (Phi) is 3.34. The number of nitrogens with two attached hydrogens (primary N) is 1. The van der Waals surface area contributed by atoms with Crippen LogP contribution in [0.4, 0.5) is 5.69 Å². The lowest BCUT2D eigenvalue weighted by Crippen LogP contribution is -2.05. The molecule has 0 bridgehead atoms. The van der Waals surface area contributed by atoms with Crippen molar-refractivity contribution in [2.24, 2.45) is 0 Å². The van der Waals surface area contributed by atoms with E-state index in [1.54, 1.807) is 12.1 Å². The second-order valence-electron chi connectivity index (χ2n) is 2.87. The minimum atomic E-state index is -1.04. The monoisotopic (exact) mass is 195 g/mol. The van der Waals surface area contributed by atoms with Crippen molar-refractivity contribution < 1.29 is 14.6 Å². The molecule has 0 amide bonds. The van der Waals surface area contributed by atoms with Crippen LogP contribution in [0.25, 0.3) is 0 Å². The van der Waals surface area contributed by atoms with E-state index in [2.05, 4.69) is 0 Å². The highest BCUT2D eigenvalue weighted by atomic mass is 16.5. The van der Waals surface area contributed by atoms with Crippen molar-refractivity contribution in [1.82, 2.24) is 0 Å². The van der Waals surface area contributed by atoms with Crippen LogP contribution in [0.3, 0.4) is 0 Å². The minimum Gasteiger partial charge on any atom is -0.491 e. The number of hydrogen-bond acceptors (Lipinski definition) is 3. The van der Waals surface area contributed by atoms with Gasteiger partial charge in [0.05, 0.1) is 17.9 Å². The van der Waals surface area contributed by atoms with E-state index in [0.29, 0.717) is 12.4 Å². The van der Waals surface area contributed by atoms with Gasteiger partial charge in [0.15, 0.2) is 0 Å². The van der Waals surface area contributed by atoms with Gasteiger partial charge in [0.25, 0.3) is 0 Å². The summed E-state index contributed by atoms with van der Waals surface area (Å²) in [6, 6.07) is 4.73. The molecule has 4 heteroatoms. The molecule has 0 aliphatic carbocycles. The lowest BCUT2D eigenvalue weighted by molar-refractivity contribution is 0.0697. The van der Waals surface area contributed by atoms with Crippen LogP contribution < -0.4 is 10.5 Å². The van der Waals surface area contributed by atoms with Crippen LogP contribution in [0.2, 0.25) is 0 Å². The third-order valence-electron chi connectivity index (χ3n) is 1.76. The number of ether oxygens (including phenoxy) is 1. The predicted octanol–water partition coefficient (Wildman–Crippen LogP) is 1.76. The molecule has 0 saturated heterocycles. The summed E-state index contributed by atoms with van der Waals surface area (Å²) in [5, 5.41) is 8.78. The van der Waals surface area contributed by atoms with Crippen molar-refractivity contribution in [3.63, 3.8) is 0 Å². The van der Waals surface area contributed by atoms with Crippen molar-refractivity contribution in [3.05, 3.63) is 23.8 Å². The van der Waals surface area contributed by atoms with Crippen LogP contribution in [0, 0.1) is 0 Å². The largest absolute Gasteiger partial charge is 0.491 e. The van der Waals surface area contributed by atoms with Gasteiger partial charge in [-0.1, -0.05) is 13.0 Å². The summed E-state index contributed by atoms with van der Waals surface area (Å²) >= 11 is 0. The first-order valence-electron chi connectivity index (χ1n) is 4.41. The average Bonchev–Trinajstić information content (AvgIpc) is 2.16. The summed E-state index contributed by atoms with van der Waals surface area (Å²) in [4.78, 5) is 10.7. The number of carboxylic acid groups (broad SMARTS) is 1. The molecule has 0 spiro atoms. The number of carbonyl (C=O) groups is 1. The van der Waals surface area contributed by atoms with Gasteiger partial charge in [0, 0.05) is 0 Å². The van der Waals surface area contributed by atoms with E-state index in [0.717, 1.165) is 6.42 Å². The predicted molar refractivity (Wildman–Crippen MR) is 53.6 cm³/mol. The molecule has 0 aliphatic rings. The molecule has 0 fully saturated rings. The van der Waals surface area contributed by atoms with E-state index in [1.807, 2.05) is 6.92 Å². The maximum Gasteiger partial charge on any atom is 0.337 e. The number of rotatable bonds is 4. The average molecular weight is 195 g/mol. The molecule has 0 aromatic heterocycles. The van der Waals surface area contributed by atoms with Gasteiger partial charge in [0.1, 0.15) is 5.75 Å². The van der Waals surface area contributed by atoms with E-state index in [-0.39, 0.29) is 11.3 Å². The van der Waals surface area contributed by atoms with Crippen LogP contribution in [0.15, 0.2) is 18.2 Å². The molecule has 0 unspecified atom stereocenters. The van der Waals surface area contributed by atoms with Gasteiger partial charge < -0.3 is 15.6 Å². The molecule has 0 radical (unpaired) electrons. The first-order valence-corrected chi connectivity index (χ1v) is 4.41. The van der Waals surface area contributed by atoms with Crippen LogP contribution in [-0.2, 0) is 0 Å². The minimum absolute atomic E-state index is 0.0820. The summed E-state index contributed by atoms with van der Waals surface area (Å²) in [7, 11) is 0. The van der Waals surface area contributed by atoms with Crippen LogP contribution >= 0.6 is 0 Å². The Morgan fingerprint density at radius 1 is 1.57 bits per heavy atom. The van der Waals surface area contributed by atoms with Gasteiger partial charge >= 0.3 is 5.97 Å². The molecule has 1 aromatic carbocycles. The first-order chi connectivity index (χ1) is 6.66. The fourth-order valence-electron chi connectivity index (χ4n) is 1.07. The van der Waals surface area contributed by atoms with Gasteiger partial charge in [-0.05, 0) is 18.6 Å². The maximum atomic E-state index is 10.7. The second kappa shape index (κ2) is 4.50. The zero-order valence-corrected chi connectivity index (χ0v) is 7.99. The highest BCUT2D eigenvalue weighted by Crippen LogP contribution is 2.25. The standard InChI is InChI=1S/C10H13NO3/c1-2-6-14-8-5-3-4-7(9(8)11)10(12)13/h3-5H,2,6,11H2,1H3,(H,12,13). The molecular formula is C10H13NO3. The molecule has 76 valence electrons. The van der Waals surface area contributed by atoms with E-state index in [9.17, 15) is 4.79 Å². The molecule has 1 aromatic rings.